The Kier molecular flexibility index (Phi) is 26.2. The Balaban J connectivity index is 1.43. The quantitative estimate of drug-likeness (QED) is 0.0109. The molecule has 0 unspecified atom stereocenters. The van der Waals surface area contributed by atoms with Gasteiger partial charge in [-0.3, -0.25) is 57.7 Å². The van der Waals surface area contributed by atoms with Crippen molar-refractivity contribution in [3.63, 3.8) is 0 Å². The SMILES string of the molecule is CCNC(=NCCCN(C)C)OC(=O)CCC(=O)Cc1ccc(CC(CN(CCNC(=O)c2ccn(C)c(=O)c2O)CCNC(=O)c2ccn(C)c(=O)c2O)CN(CCNC(=O)c2ccn(C)c(=O)c2O)CCNC(=O)c2ccn(C)c(=O)c2O)cc1. The second-order valence-corrected chi connectivity index (χ2v) is 21.1. The summed E-state index contributed by atoms with van der Waals surface area (Å²) in [6.07, 6.45) is 6.18. The number of amides is 4. The summed E-state index contributed by atoms with van der Waals surface area (Å²) in [5, 5.41) is 56.0. The average molecular weight is 1210 g/mol. The number of ether oxygens (including phenoxy) is 1. The van der Waals surface area contributed by atoms with Crippen LogP contribution in [0.3, 0.4) is 0 Å². The van der Waals surface area contributed by atoms with E-state index in [9.17, 15) is 68.4 Å². The normalized spacial score (nSPS) is 11.5. The van der Waals surface area contributed by atoms with E-state index < -0.39 is 80.8 Å². The average Bonchev–Trinajstić information content (AvgIpc) is 3.27. The molecule has 0 saturated heterocycles. The summed E-state index contributed by atoms with van der Waals surface area (Å²) in [6.45, 7) is 4.26. The van der Waals surface area contributed by atoms with Gasteiger partial charge in [-0.25, -0.2) is 4.99 Å². The molecule has 4 aromatic heterocycles. The molecule has 28 heteroatoms. The van der Waals surface area contributed by atoms with Gasteiger partial charge in [-0.15, -0.1) is 0 Å². The molecule has 1 aromatic carbocycles. The van der Waals surface area contributed by atoms with Crippen molar-refractivity contribution in [2.45, 2.75) is 39.0 Å². The van der Waals surface area contributed by atoms with E-state index in [0.717, 1.165) is 36.8 Å². The lowest BCUT2D eigenvalue weighted by Crippen LogP contribution is -2.46. The maximum Gasteiger partial charge on any atom is 0.313 e. The Morgan fingerprint density at radius 2 is 0.874 bits per heavy atom. The van der Waals surface area contributed by atoms with Crippen molar-refractivity contribution in [1.82, 2.24) is 59.6 Å². The van der Waals surface area contributed by atoms with Crippen LogP contribution < -0.4 is 48.8 Å². The lowest BCUT2D eigenvalue weighted by Gasteiger charge is -2.32. The highest BCUT2D eigenvalue weighted by Gasteiger charge is 2.24. The third-order valence-electron chi connectivity index (χ3n) is 14.0. The molecular formula is C59H79N13O15. The summed E-state index contributed by atoms with van der Waals surface area (Å²) in [4.78, 5) is 140. The van der Waals surface area contributed by atoms with Crippen molar-refractivity contribution >= 4 is 41.4 Å². The number of esters is 1. The van der Waals surface area contributed by atoms with Crippen LogP contribution in [0.25, 0.3) is 0 Å². The number of pyridine rings is 4. The summed E-state index contributed by atoms with van der Waals surface area (Å²) >= 11 is 0. The first-order chi connectivity index (χ1) is 41.4. The molecule has 9 N–H and O–H groups in total. The molecule has 0 bridgehead atoms. The zero-order valence-corrected chi connectivity index (χ0v) is 50.1. The van der Waals surface area contributed by atoms with Gasteiger partial charge in [0.25, 0.3) is 51.9 Å². The van der Waals surface area contributed by atoms with E-state index in [4.69, 9.17) is 4.74 Å². The highest BCUT2D eigenvalue weighted by Crippen LogP contribution is 2.18. The summed E-state index contributed by atoms with van der Waals surface area (Å²) in [7, 11) is 9.55. The summed E-state index contributed by atoms with van der Waals surface area (Å²) < 4.78 is 9.86. The highest BCUT2D eigenvalue weighted by atomic mass is 16.6. The van der Waals surface area contributed by atoms with Gasteiger partial charge < -0.3 is 74.9 Å². The molecule has 0 spiro atoms. The van der Waals surface area contributed by atoms with E-state index in [1.807, 2.05) is 47.9 Å². The number of carbonyl (C=O) groups is 6. The molecule has 28 nitrogen and oxygen atoms in total. The molecule has 470 valence electrons. The first-order valence-electron chi connectivity index (χ1n) is 28.2. The number of nitrogens with one attached hydrogen (secondary N) is 5. The number of benzene rings is 1. The van der Waals surface area contributed by atoms with E-state index in [2.05, 4.69) is 31.6 Å². The molecule has 5 rings (SSSR count). The largest absolute Gasteiger partial charge is 0.502 e. The number of Topliss-reactive ketones (excluding diaryl/α,β-unsaturated/α-hetero) is 1. The van der Waals surface area contributed by atoms with Crippen molar-refractivity contribution in [2.75, 3.05) is 99.2 Å². The fraction of sp³-hybridized carbons (Fsp3) is 0.441. The van der Waals surface area contributed by atoms with Crippen LogP contribution in [-0.4, -0.2) is 194 Å². The van der Waals surface area contributed by atoms with Crippen molar-refractivity contribution in [1.29, 1.82) is 0 Å². The van der Waals surface area contributed by atoms with Crippen molar-refractivity contribution < 1.29 is 53.9 Å². The van der Waals surface area contributed by atoms with E-state index >= 15 is 0 Å². The predicted molar refractivity (Wildman–Crippen MR) is 322 cm³/mol. The van der Waals surface area contributed by atoms with Gasteiger partial charge in [0.15, 0.2) is 23.0 Å². The Bertz CT molecular complexity index is 3180. The minimum absolute atomic E-state index is 0.0153. The number of carbonyl (C=O) groups excluding carboxylic acids is 6. The van der Waals surface area contributed by atoms with Crippen molar-refractivity contribution in [3.8, 4) is 23.0 Å². The first kappa shape index (κ1) is 68.4. The number of hydrogen-bond acceptors (Lipinski definition) is 19. The highest BCUT2D eigenvalue weighted by molar-refractivity contribution is 5.98. The number of aryl methyl sites for hydroxylation is 4. The number of aliphatic imine (C=N–C) groups is 1. The summed E-state index contributed by atoms with van der Waals surface area (Å²) in [5.74, 6) is -7.18. The number of amidine groups is 1. The monoisotopic (exact) mass is 1210 g/mol. The molecule has 5 aromatic rings. The van der Waals surface area contributed by atoms with E-state index in [-0.39, 0.29) is 119 Å². The second-order valence-electron chi connectivity index (χ2n) is 21.1. The van der Waals surface area contributed by atoms with Gasteiger partial charge in [0, 0.05) is 144 Å². The fourth-order valence-electron chi connectivity index (χ4n) is 9.08. The molecule has 0 radical (unpaired) electrons. The Morgan fingerprint density at radius 1 is 0.517 bits per heavy atom. The minimum Gasteiger partial charge on any atom is -0.502 e. The van der Waals surface area contributed by atoms with Crippen LogP contribution >= 0.6 is 0 Å². The van der Waals surface area contributed by atoms with Crippen molar-refractivity contribution in [2.24, 2.45) is 39.1 Å². The number of hydrogen-bond donors (Lipinski definition) is 9. The molecular weight excluding hydrogens is 1130 g/mol. The number of rotatable bonds is 32. The van der Waals surface area contributed by atoms with Crippen LogP contribution in [0.2, 0.25) is 0 Å². The summed E-state index contributed by atoms with van der Waals surface area (Å²) in [6, 6.07) is 12.5. The number of nitrogens with zero attached hydrogens (tertiary/aromatic N) is 8. The summed E-state index contributed by atoms with van der Waals surface area (Å²) in [5.41, 5.74) is -2.71. The maximum atomic E-state index is 13.4. The molecule has 0 aliphatic heterocycles. The molecule has 87 heavy (non-hydrogen) atoms. The molecule has 4 heterocycles. The van der Waals surface area contributed by atoms with E-state index in [1.165, 1.54) is 77.2 Å². The molecule has 0 fully saturated rings. The van der Waals surface area contributed by atoms with Gasteiger partial charge in [0.05, 0.1) is 28.7 Å². The Labute approximate surface area is 501 Å². The minimum atomic E-state index is -0.787. The molecule has 0 aliphatic carbocycles. The standard InChI is InChI=1S/C59H79N13O15/c1-8-60-59(65-20-9-25-66(2)3)87-46(74)15-14-41(73)35-39-12-10-38(11-13-39)34-40(36-71(30-21-61-51(79)42-16-26-67(4)55(83)47(42)75)31-22-62-52(80)43-17-27-68(5)56(84)48(43)76)37-72(32-23-63-53(81)44-18-28-69(6)57(85)49(44)77)33-24-64-54(82)45-19-29-70(7)58(86)50(45)78/h10-13,16-19,26-29,40,75-78H,8-9,14-15,20-25,30-37H2,1-7H3,(H,60,65)(H,61,79)(H,62,80)(H,63,81)(H,64,82). The third kappa shape index (κ3) is 20.7. The van der Waals surface area contributed by atoms with Crippen LogP contribution in [0.1, 0.15) is 78.7 Å². The predicted octanol–water partition coefficient (Wildman–Crippen LogP) is -0.861. The number of aromatic nitrogens is 4. The molecule has 0 atom stereocenters. The van der Waals surface area contributed by atoms with Crippen LogP contribution in [0.15, 0.2) is 97.5 Å². The molecule has 0 aliphatic rings. The lowest BCUT2D eigenvalue weighted by molar-refractivity contribution is -0.137. The van der Waals surface area contributed by atoms with Gasteiger partial charge in [0.2, 0.25) is 0 Å². The topological polar surface area (TPSA) is 363 Å². The van der Waals surface area contributed by atoms with Gasteiger partial charge in [-0.05, 0) is 81.7 Å². The lowest BCUT2D eigenvalue weighted by atomic mass is 9.96. The molecule has 0 saturated carbocycles. The second kappa shape index (κ2) is 33.3. The van der Waals surface area contributed by atoms with E-state index in [0.29, 0.717) is 25.1 Å². The molecule has 4 amide bonds. The first-order valence-corrected chi connectivity index (χ1v) is 28.2. The van der Waals surface area contributed by atoms with Crippen molar-refractivity contribution in [3.05, 3.63) is 148 Å². The Morgan fingerprint density at radius 3 is 1.22 bits per heavy atom. The van der Waals surface area contributed by atoms with Gasteiger partial charge >= 0.3 is 5.97 Å². The number of ketones is 1. The van der Waals surface area contributed by atoms with Gasteiger partial charge in [-0.1, -0.05) is 24.3 Å². The number of aromatic hydroxyl groups is 4. The van der Waals surface area contributed by atoms with Crippen LogP contribution in [0.5, 0.6) is 23.0 Å². The van der Waals surface area contributed by atoms with Gasteiger partial charge in [-0.2, -0.15) is 0 Å². The zero-order chi connectivity index (χ0) is 63.9. The third-order valence-corrected chi connectivity index (χ3v) is 14.0. The van der Waals surface area contributed by atoms with Gasteiger partial charge in [0.1, 0.15) is 5.78 Å². The van der Waals surface area contributed by atoms with Crippen LogP contribution in [0, 0.1) is 5.92 Å². The fourth-order valence-corrected chi connectivity index (χ4v) is 9.08. The zero-order valence-electron chi connectivity index (χ0n) is 50.1. The smallest absolute Gasteiger partial charge is 0.313 e. The maximum absolute atomic E-state index is 13.4. The van der Waals surface area contributed by atoms with Crippen LogP contribution in [0.4, 0.5) is 0 Å². The Hall–Kier alpha value is -9.41. The van der Waals surface area contributed by atoms with Crippen LogP contribution in [-0.2, 0) is 55.4 Å². The van der Waals surface area contributed by atoms with E-state index in [1.54, 1.807) is 12.1 Å².